The summed E-state index contributed by atoms with van der Waals surface area (Å²) in [7, 11) is 0. The Morgan fingerprint density at radius 2 is 2.19 bits per heavy atom. The van der Waals surface area contributed by atoms with Crippen molar-refractivity contribution in [2.75, 3.05) is 6.54 Å². The molecule has 10 heteroatoms. The number of nitrogens with zero attached hydrogens (tertiary/aromatic N) is 2. The Balaban J connectivity index is 1.65. The van der Waals surface area contributed by atoms with E-state index in [1.165, 1.54) is 6.07 Å². The fourth-order valence-corrected chi connectivity index (χ4v) is 3.72. The lowest BCUT2D eigenvalue weighted by atomic mass is 10.1. The van der Waals surface area contributed by atoms with Gasteiger partial charge in [-0.15, -0.1) is 11.3 Å². The van der Waals surface area contributed by atoms with Gasteiger partial charge in [0.05, 0.1) is 6.54 Å². The number of hydrogen-bond acceptors (Lipinski definition) is 3. The van der Waals surface area contributed by atoms with E-state index >= 15 is 0 Å². The van der Waals surface area contributed by atoms with Crippen LogP contribution in [0.1, 0.15) is 35.5 Å². The summed E-state index contributed by atoms with van der Waals surface area (Å²) in [5.41, 5.74) is -0.436. The highest BCUT2D eigenvalue weighted by atomic mass is 35.5. The molecule has 4 nitrogen and oxygen atoms in total. The molecule has 0 spiro atoms. The number of aliphatic imine (C=N–C) groups is 1. The molecule has 2 N–H and O–H groups in total. The van der Waals surface area contributed by atoms with Crippen molar-refractivity contribution >= 4 is 28.9 Å². The molecule has 2 atom stereocenters. The Bertz CT molecular complexity index is 816. The molecular formula is C17H17ClF4N4S. The lowest BCUT2D eigenvalue weighted by molar-refractivity contribution is -0.140. The topological polar surface area (TPSA) is 49.3 Å². The van der Waals surface area contributed by atoms with Gasteiger partial charge in [-0.05, 0) is 25.5 Å². The molecule has 0 radical (unpaired) electrons. The van der Waals surface area contributed by atoms with E-state index in [4.69, 9.17) is 11.6 Å². The minimum absolute atomic E-state index is 0.0217. The summed E-state index contributed by atoms with van der Waals surface area (Å²) in [6, 6.07) is 4.53. The molecule has 146 valence electrons. The van der Waals surface area contributed by atoms with Crippen molar-refractivity contribution in [3.63, 3.8) is 0 Å². The molecule has 2 aromatic rings. The normalized spacial score (nSPS) is 19.9. The van der Waals surface area contributed by atoms with Gasteiger partial charge in [0, 0.05) is 34.5 Å². The molecule has 1 aromatic carbocycles. The molecule has 1 saturated carbocycles. The summed E-state index contributed by atoms with van der Waals surface area (Å²) in [6.45, 7) is 2.48. The highest BCUT2D eigenvalue weighted by Gasteiger charge is 2.42. The van der Waals surface area contributed by atoms with Crippen LogP contribution >= 0.6 is 22.9 Å². The molecule has 0 bridgehead atoms. The summed E-state index contributed by atoms with van der Waals surface area (Å²) in [6.07, 6.45) is -3.76. The molecule has 3 rings (SSSR count). The van der Waals surface area contributed by atoms with Crippen molar-refractivity contribution < 1.29 is 17.6 Å². The Kier molecular flexibility index (Phi) is 5.90. The van der Waals surface area contributed by atoms with Gasteiger partial charge >= 0.3 is 6.18 Å². The van der Waals surface area contributed by atoms with Crippen molar-refractivity contribution in [2.24, 2.45) is 4.99 Å². The highest BCUT2D eigenvalue weighted by Crippen LogP contribution is 2.44. The first-order valence-corrected chi connectivity index (χ1v) is 9.55. The third kappa shape index (κ3) is 4.90. The average Bonchev–Trinajstić information content (AvgIpc) is 3.14. The number of rotatable bonds is 5. The molecule has 27 heavy (non-hydrogen) atoms. The van der Waals surface area contributed by atoms with Crippen LogP contribution < -0.4 is 10.6 Å². The maximum absolute atomic E-state index is 14.0. The van der Waals surface area contributed by atoms with E-state index in [9.17, 15) is 17.6 Å². The second kappa shape index (κ2) is 8.02. The molecule has 0 aliphatic heterocycles. The Morgan fingerprint density at radius 1 is 1.41 bits per heavy atom. The van der Waals surface area contributed by atoms with Crippen LogP contribution in [0.15, 0.2) is 28.6 Å². The van der Waals surface area contributed by atoms with Crippen LogP contribution in [0.4, 0.5) is 17.6 Å². The first-order chi connectivity index (χ1) is 12.8. The molecule has 2 unspecified atom stereocenters. The summed E-state index contributed by atoms with van der Waals surface area (Å²) >= 11 is 7.01. The predicted octanol–water partition coefficient (Wildman–Crippen LogP) is 4.57. The third-order valence-corrected chi connectivity index (χ3v) is 5.21. The van der Waals surface area contributed by atoms with Crippen LogP contribution in [0.5, 0.6) is 0 Å². The molecular weight excluding hydrogens is 404 g/mol. The largest absolute Gasteiger partial charge is 0.434 e. The van der Waals surface area contributed by atoms with E-state index in [0.717, 1.165) is 16.7 Å². The molecule has 1 heterocycles. The Morgan fingerprint density at radius 3 is 2.81 bits per heavy atom. The number of thiazole rings is 1. The van der Waals surface area contributed by atoms with Gasteiger partial charge in [-0.2, -0.15) is 13.2 Å². The van der Waals surface area contributed by atoms with Gasteiger partial charge in [-0.1, -0.05) is 17.7 Å². The summed E-state index contributed by atoms with van der Waals surface area (Å²) in [4.78, 5) is 7.84. The number of alkyl halides is 3. The zero-order chi connectivity index (χ0) is 19.6. The van der Waals surface area contributed by atoms with Crippen LogP contribution in [-0.2, 0) is 12.7 Å². The quantitative estimate of drug-likeness (QED) is 0.423. The lowest BCUT2D eigenvalue weighted by Crippen LogP contribution is -2.39. The van der Waals surface area contributed by atoms with E-state index in [-0.39, 0.29) is 29.3 Å². The zero-order valence-electron chi connectivity index (χ0n) is 14.3. The predicted molar refractivity (Wildman–Crippen MR) is 97.6 cm³/mol. The van der Waals surface area contributed by atoms with Crippen LogP contribution in [0.25, 0.3) is 0 Å². The van der Waals surface area contributed by atoms with E-state index in [1.54, 1.807) is 12.1 Å². The summed E-state index contributed by atoms with van der Waals surface area (Å²) < 4.78 is 51.8. The van der Waals surface area contributed by atoms with Crippen molar-refractivity contribution in [3.05, 3.63) is 50.7 Å². The van der Waals surface area contributed by atoms with Gasteiger partial charge in [0.2, 0.25) is 0 Å². The number of benzene rings is 1. The average molecular weight is 421 g/mol. The SMILES string of the molecule is CCNC(=NCc1nc(C(F)(F)F)cs1)NC1CC1c1c(F)cccc1Cl. The number of aromatic nitrogens is 1. The van der Waals surface area contributed by atoms with Gasteiger partial charge in [0.25, 0.3) is 0 Å². The minimum Gasteiger partial charge on any atom is -0.357 e. The van der Waals surface area contributed by atoms with E-state index in [2.05, 4.69) is 20.6 Å². The van der Waals surface area contributed by atoms with Crippen LogP contribution in [0.3, 0.4) is 0 Å². The van der Waals surface area contributed by atoms with Crippen molar-refractivity contribution in [1.29, 1.82) is 0 Å². The number of nitrogens with one attached hydrogen (secondary N) is 2. The van der Waals surface area contributed by atoms with Crippen molar-refractivity contribution in [1.82, 2.24) is 15.6 Å². The molecule has 0 saturated heterocycles. The van der Waals surface area contributed by atoms with E-state index < -0.39 is 11.9 Å². The third-order valence-electron chi connectivity index (χ3n) is 4.04. The van der Waals surface area contributed by atoms with Gasteiger partial charge < -0.3 is 10.6 Å². The summed E-state index contributed by atoms with van der Waals surface area (Å²) in [5, 5.41) is 7.82. The summed E-state index contributed by atoms with van der Waals surface area (Å²) in [5.74, 6) is 0.0293. The number of hydrogen-bond donors (Lipinski definition) is 2. The molecule has 0 amide bonds. The van der Waals surface area contributed by atoms with Gasteiger partial charge in [-0.25, -0.2) is 14.4 Å². The fraction of sp³-hybridized carbons (Fsp3) is 0.412. The highest BCUT2D eigenvalue weighted by molar-refractivity contribution is 7.09. The Labute approximate surface area is 162 Å². The number of halogens is 5. The van der Waals surface area contributed by atoms with Gasteiger partial charge in [0.1, 0.15) is 10.8 Å². The van der Waals surface area contributed by atoms with Crippen LogP contribution in [0.2, 0.25) is 5.02 Å². The van der Waals surface area contributed by atoms with E-state index in [0.29, 0.717) is 29.5 Å². The van der Waals surface area contributed by atoms with Crippen molar-refractivity contribution in [2.45, 2.75) is 38.0 Å². The second-order valence-corrected chi connectivity index (χ2v) is 7.40. The standard InChI is InChI=1S/C17H17ClF4N4S/c1-2-23-16(24-7-14-26-13(8-27-14)17(20,21)22)25-12-6-9(12)15-10(18)4-3-5-11(15)19/h3-5,8-9,12H,2,6-7H2,1H3,(H2,23,24,25). The van der Waals surface area contributed by atoms with Crippen LogP contribution in [0, 0.1) is 5.82 Å². The lowest BCUT2D eigenvalue weighted by Gasteiger charge is -2.11. The smallest absolute Gasteiger partial charge is 0.357 e. The van der Waals surface area contributed by atoms with Gasteiger partial charge in [0.15, 0.2) is 11.7 Å². The number of guanidine groups is 1. The fourth-order valence-electron chi connectivity index (χ4n) is 2.69. The minimum atomic E-state index is -4.46. The van der Waals surface area contributed by atoms with E-state index in [1.807, 2.05) is 6.92 Å². The molecule has 1 aromatic heterocycles. The first-order valence-electron chi connectivity index (χ1n) is 8.30. The van der Waals surface area contributed by atoms with Gasteiger partial charge in [-0.3, -0.25) is 0 Å². The van der Waals surface area contributed by atoms with Crippen molar-refractivity contribution in [3.8, 4) is 0 Å². The second-order valence-electron chi connectivity index (χ2n) is 6.05. The zero-order valence-corrected chi connectivity index (χ0v) is 15.9. The van der Waals surface area contributed by atoms with Crippen LogP contribution in [-0.4, -0.2) is 23.5 Å². The maximum atomic E-state index is 14.0. The maximum Gasteiger partial charge on any atom is 0.434 e. The monoisotopic (exact) mass is 420 g/mol. The molecule has 1 aliphatic carbocycles. The Hall–Kier alpha value is -1.87. The first kappa shape index (κ1) is 19.9. The molecule has 1 fully saturated rings. The molecule has 1 aliphatic rings.